The van der Waals surface area contributed by atoms with E-state index in [1.807, 2.05) is 0 Å². The zero-order valence-corrected chi connectivity index (χ0v) is 30.5. The predicted octanol–water partition coefficient (Wildman–Crippen LogP) is 0.145. The zero-order valence-electron chi connectivity index (χ0n) is 30.5. The third-order valence-electron chi connectivity index (χ3n) is 9.15. The summed E-state index contributed by atoms with van der Waals surface area (Å²) in [7, 11) is 0. The molecule has 0 aliphatic carbocycles. The van der Waals surface area contributed by atoms with Gasteiger partial charge in [-0.05, 0) is 48.0 Å². The van der Waals surface area contributed by atoms with Crippen molar-refractivity contribution in [2.75, 3.05) is 13.2 Å². The number of benzene rings is 3. The number of aliphatic carboxylic acids is 1. The average molecular weight is 828 g/mol. The summed E-state index contributed by atoms with van der Waals surface area (Å²) in [6.07, 6.45) is -16.3. The van der Waals surface area contributed by atoms with Gasteiger partial charge in [-0.15, -0.1) is 0 Å². The van der Waals surface area contributed by atoms with Gasteiger partial charge in [-0.2, -0.15) is 0 Å². The number of phenols is 3. The van der Waals surface area contributed by atoms with E-state index in [0.717, 1.165) is 12.1 Å². The Morgan fingerprint density at radius 3 is 1.76 bits per heavy atom. The van der Waals surface area contributed by atoms with Gasteiger partial charge in [0.25, 0.3) is 0 Å². The van der Waals surface area contributed by atoms with E-state index in [0.29, 0.717) is 5.56 Å². The van der Waals surface area contributed by atoms with Gasteiger partial charge in [0.2, 0.25) is 18.3 Å². The molecule has 2 saturated heterocycles. The fourth-order valence-corrected chi connectivity index (χ4v) is 6.03. The molecule has 6 rings (SSSR count). The van der Waals surface area contributed by atoms with E-state index >= 15 is 0 Å². The number of phenolic OH excluding ortho intramolecular Hbond substituents is 3. The first-order valence-electron chi connectivity index (χ1n) is 17.7. The number of carboxylic acid groups (broad SMARTS) is 1. The maximum Gasteiger partial charge on any atom is 0.402 e. The Bertz CT molecular complexity index is 2160. The maximum atomic E-state index is 12.5. The van der Waals surface area contributed by atoms with Gasteiger partial charge in [0.05, 0.1) is 11.6 Å². The summed E-state index contributed by atoms with van der Waals surface area (Å²) in [5.74, 6) is -4.66. The molecule has 0 spiro atoms. The number of aromatic hydroxyl groups is 3. The summed E-state index contributed by atoms with van der Waals surface area (Å²) in [5, 5.41) is 103. The van der Waals surface area contributed by atoms with Crippen LogP contribution in [-0.2, 0) is 33.3 Å². The lowest BCUT2D eigenvalue weighted by Crippen LogP contribution is -2.60. The van der Waals surface area contributed by atoms with E-state index in [-0.39, 0.29) is 45.3 Å². The number of aliphatic hydroxyl groups excluding tert-OH is 6. The number of carboxylic acids is 1. The van der Waals surface area contributed by atoms with Gasteiger partial charge in [-0.1, -0.05) is 12.1 Å². The highest BCUT2D eigenvalue weighted by molar-refractivity contribution is 5.90. The molecule has 20 heteroatoms. The highest BCUT2D eigenvalue weighted by Gasteiger charge is 2.48. The van der Waals surface area contributed by atoms with E-state index in [4.69, 9.17) is 37.9 Å². The molecular weight excluding hydrogens is 788 g/mol. The second-order valence-corrected chi connectivity index (χ2v) is 13.4. The second kappa shape index (κ2) is 18.2. The minimum Gasteiger partial charge on any atom is -0.508 e. The number of hydrogen-bond donors (Lipinski definition) is 10. The average Bonchev–Trinajstić information content (AvgIpc) is 3.20. The molecule has 0 unspecified atom stereocenters. The van der Waals surface area contributed by atoms with Crippen LogP contribution in [0.5, 0.6) is 28.7 Å². The molecule has 3 heterocycles. The van der Waals surface area contributed by atoms with Crippen LogP contribution in [0.3, 0.4) is 0 Å². The lowest BCUT2D eigenvalue weighted by molar-refractivity contribution is -0.278. The van der Waals surface area contributed by atoms with Gasteiger partial charge in [0.1, 0.15) is 96.9 Å². The summed E-state index contributed by atoms with van der Waals surface area (Å²) in [6.45, 7) is -1.36. The number of esters is 2. The van der Waals surface area contributed by atoms with Gasteiger partial charge in [0, 0.05) is 18.2 Å². The maximum absolute atomic E-state index is 12.5. The van der Waals surface area contributed by atoms with Crippen LogP contribution in [0.1, 0.15) is 12.0 Å². The van der Waals surface area contributed by atoms with Crippen molar-refractivity contribution in [1.82, 2.24) is 0 Å². The van der Waals surface area contributed by atoms with Gasteiger partial charge in [-0.25, -0.2) is 9.21 Å². The van der Waals surface area contributed by atoms with Crippen molar-refractivity contribution in [3.8, 4) is 40.1 Å². The fraction of sp³-hybridized carbons (Fsp3) is 0.333. The molecule has 0 radical (unpaired) electrons. The van der Waals surface area contributed by atoms with Crippen LogP contribution in [0, 0.1) is 0 Å². The molecular formula is C39H39O20+. The van der Waals surface area contributed by atoms with Gasteiger partial charge >= 0.3 is 29.3 Å². The molecule has 0 saturated carbocycles. The lowest BCUT2D eigenvalue weighted by atomic mass is 9.99. The third-order valence-corrected chi connectivity index (χ3v) is 9.15. The molecule has 2 fully saturated rings. The number of carbonyl (C=O) groups excluding carboxylic acids is 2. The summed E-state index contributed by atoms with van der Waals surface area (Å²) in [6, 6.07) is 14.9. The van der Waals surface area contributed by atoms with Crippen molar-refractivity contribution in [3.63, 3.8) is 0 Å². The first kappa shape index (κ1) is 42.5. The van der Waals surface area contributed by atoms with Gasteiger partial charge in [-0.3, -0.25) is 9.59 Å². The Labute approximate surface area is 332 Å². The number of carbonyl (C=O) groups is 3. The quantitative estimate of drug-likeness (QED) is 0.0371. The topological polar surface area (TPSA) is 320 Å². The molecule has 2 aliphatic rings. The summed E-state index contributed by atoms with van der Waals surface area (Å²) in [4.78, 5) is 35.1. The van der Waals surface area contributed by atoms with Crippen molar-refractivity contribution in [2.24, 2.45) is 0 Å². The highest BCUT2D eigenvalue weighted by Crippen LogP contribution is 2.42. The van der Waals surface area contributed by atoms with Crippen molar-refractivity contribution in [2.45, 2.75) is 67.8 Å². The van der Waals surface area contributed by atoms with Crippen LogP contribution < -0.4 is 9.47 Å². The van der Waals surface area contributed by atoms with E-state index in [9.17, 15) is 60.3 Å². The van der Waals surface area contributed by atoms with Crippen LogP contribution in [0.2, 0.25) is 0 Å². The molecule has 4 aromatic rings. The molecule has 2 aliphatic heterocycles. The lowest BCUT2D eigenvalue weighted by Gasteiger charge is -2.40. The van der Waals surface area contributed by atoms with E-state index < -0.39 is 105 Å². The van der Waals surface area contributed by atoms with E-state index in [1.54, 1.807) is 12.1 Å². The smallest absolute Gasteiger partial charge is 0.402 e. The molecule has 20 nitrogen and oxygen atoms in total. The van der Waals surface area contributed by atoms with Crippen LogP contribution >= 0.6 is 0 Å². The minimum atomic E-state index is -1.94. The monoisotopic (exact) mass is 827 g/mol. The molecule has 314 valence electrons. The highest BCUT2D eigenvalue weighted by atomic mass is 16.7. The molecule has 1 aromatic heterocycles. The van der Waals surface area contributed by atoms with Crippen molar-refractivity contribution < 1.29 is 98.3 Å². The third kappa shape index (κ3) is 10.1. The SMILES string of the molecule is O=C(O)CC(=O)OC[C@@H]1O[C@@H](Oc2cc(O)cc3[o+]c(-c4ccc(O)cc4)c(O[C@@H]4O[C@H](COC(=O)/C=C/c5ccc(O)cc5)[C@@H](O)[C@H](O)[C@H]4O)cc23)[C@H](O)[C@@H](O)[C@@H]1O. The Balaban J connectivity index is 1.28. The molecule has 10 N–H and O–H groups in total. The standard InChI is InChI=1S/C39H38O20/c40-19-6-1-17(2-7-19)3-10-29(45)53-15-26-31(47)34(50)36(52)39(59-26)57-25-13-22-23(55-37(25)18-4-8-20(41)9-5-18)11-21(42)12-24(22)56-38-35(51)33(49)32(48)27(58-38)16-54-30(46)14-28(43)44/h1-13,26-27,31-36,38-39,47-52H,14-16H2,(H3-,40,41,42,43,44,45)/p+1/t26-,27+,31-,32-,33+,34+,35-,36-,38-,39-/m1/s1. The Morgan fingerprint density at radius 2 is 1.19 bits per heavy atom. The van der Waals surface area contributed by atoms with Crippen LogP contribution in [0.4, 0.5) is 0 Å². The van der Waals surface area contributed by atoms with Gasteiger partial charge < -0.3 is 79.5 Å². The number of aliphatic hydroxyl groups is 6. The number of fused-ring (bicyclic) bond motifs is 1. The normalized spacial score (nSPS) is 26.9. The fourth-order valence-electron chi connectivity index (χ4n) is 6.03. The van der Waals surface area contributed by atoms with E-state index in [1.165, 1.54) is 54.6 Å². The van der Waals surface area contributed by atoms with Crippen molar-refractivity contribution >= 4 is 35.0 Å². The minimum absolute atomic E-state index is 0.0158. The van der Waals surface area contributed by atoms with E-state index in [2.05, 4.69) is 0 Å². The first-order chi connectivity index (χ1) is 28.1. The summed E-state index contributed by atoms with van der Waals surface area (Å²) < 4.78 is 39.4. The van der Waals surface area contributed by atoms with Crippen molar-refractivity contribution in [3.05, 3.63) is 78.4 Å². The Morgan fingerprint density at radius 1 is 0.644 bits per heavy atom. The number of ether oxygens (including phenoxy) is 6. The van der Waals surface area contributed by atoms with Crippen molar-refractivity contribution in [1.29, 1.82) is 0 Å². The zero-order chi connectivity index (χ0) is 42.5. The second-order valence-electron chi connectivity index (χ2n) is 13.4. The molecule has 0 bridgehead atoms. The molecule has 0 amide bonds. The molecule has 10 atom stereocenters. The predicted molar refractivity (Wildman–Crippen MR) is 195 cm³/mol. The Hall–Kier alpha value is -6.10. The van der Waals surface area contributed by atoms with Crippen LogP contribution in [-0.4, -0.2) is 144 Å². The summed E-state index contributed by atoms with van der Waals surface area (Å²) in [5.41, 5.74) is 0.742. The molecule has 59 heavy (non-hydrogen) atoms. The largest absolute Gasteiger partial charge is 0.508 e. The molecule has 3 aromatic carbocycles. The van der Waals surface area contributed by atoms with Crippen LogP contribution in [0.25, 0.3) is 28.4 Å². The summed E-state index contributed by atoms with van der Waals surface area (Å²) >= 11 is 0. The number of hydrogen-bond acceptors (Lipinski definition) is 18. The van der Waals surface area contributed by atoms with Gasteiger partial charge in [0.15, 0.2) is 0 Å². The number of rotatable bonds is 13. The van der Waals surface area contributed by atoms with Crippen LogP contribution in [0.15, 0.2) is 77.2 Å². The Kier molecular flexibility index (Phi) is 13.1. The first-order valence-corrected chi connectivity index (χ1v) is 17.7.